The van der Waals surface area contributed by atoms with Crippen LogP contribution in [0.1, 0.15) is 39.5 Å². The van der Waals surface area contributed by atoms with E-state index in [9.17, 15) is 0 Å². The van der Waals surface area contributed by atoms with Gasteiger partial charge in [0.25, 0.3) is 0 Å². The number of pyridine rings is 1. The Balaban J connectivity index is 1.67. The number of hydrogen-bond donors (Lipinski definition) is 1. The van der Waals surface area contributed by atoms with Gasteiger partial charge in [0, 0.05) is 10.9 Å². The normalized spacial score (nSPS) is 11.7. The molecule has 0 bridgehead atoms. The molecule has 37 heavy (non-hydrogen) atoms. The number of nitrogen functional groups attached to an aromatic ring is 1. The number of unbranched alkanes of at least 4 members (excludes halogenated alkanes) is 2. The second-order valence-corrected chi connectivity index (χ2v) is 9.72. The van der Waals surface area contributed by atoms with E-state index >= 15 is 0 Å². The highest BCUT2D eigenvalue weighted by Crippen LogP contribution is 2.47. The lowest BCUT2D eigenvalue weighted by Gasteiger charge is -2.20. The van der Waals surface area contributed by atoms with Crippen LogP contribution in [-0.4, -0.2) is 18.2 Å². The Bertz CT molecular complexity index is 1720. The van der Waals surface area contributed by atoms with E-state index in [0.29, 0.717) is 30.4 Å². The van der Waals surface area contributed by atoms with E-state index < -0.39 is 0 Å². The van der Waals surface area contributed by atoms with Crippen LogP contribution in [-0.2, 0) is 0 Å². The molecule has 6 rings (SSSR count). The summed E-state index contributed by atoms with van der Waals surface area (Å²) < 4.78 is 12.3. The fraction of sp³-hybridized carbons (Fsp3) is 0.242. The average molecular weight is 489 g/mol. The van der Waals surface area contributed by atoms with Crippen molar-refractivity contribution in [2.75, 3.05) is 18.9 Å². The van der Waals surface area contributed by atoms with Gasteiger partial charge in [0.2, 0.25) is 0 Å². The second-order valence-electron chi connectivity index (χ2n) is 9.72. The van der Waals surface area contributed by atoms with E-state index in [-0.39, 0.29) is 0 Å². The molecular formula is C33H32N2O2. The molecule has 0 aliphatic rings. The molecule has 5 aromatic carbocycles. The first kappa shape index (κ1) is 23.4. The fourth-order valence-electron chi connectivity index (χ4n) is 5.44. The number of rotatable bonds is 9. The highest BCUT2D eigenvalue weighted by atomic mass is 16.5. The zero-order valence-electron chi connectivity index (χ0n) is 21.5. The summed E-state index contributed by atoms with van der Waals surface area (Å²) in [6.07, 6.45) is 5.77. The van der Waals surface area contributed by atoms with E-state index in [1.165, 1.54) is 43.1 Å². The molecule has 0 saturated heterocycles. The van der Waals surface area contributed by atoms with Gasteiger partial charge in [-0.3, -0.25) is 0 Å². The van der Waals surface area contributed by atoms with Gasteiger partial charge in [0.15, 0.2) is 11.5 Å². The van der Waals surface area contributed by atoms with Gasteiger partial charge in [-0.15, -0.1) is 0 Å². The lowest BCUT2D eigenvalue weighted by molar-refractivity contribution is 0.296. The zero-order chi connectivity index (χ0) is 25.4. The van der Waals surface area contributed by atoms with Crippen molar-refractivity contribution >= 4 is 48.8 Å². The quantitative estimate of drug-likeness (QED) is 0.126. The van der Waals surface area contributed by atoms with Crippen LogP contribution in [0.4, 0.5) is 5.69 Å². The van der Waals surface area contributed by atoms with Crippen molar-refractivity contribution in [3.8, 4) is 22.8 Å². The monoisotopic (exact) mass is 488 g/mol. The van der Waals surface area contributed by atoms with Gasteiger partial charge < -0.3 is 15.2 Å². The molecule has 0 fully saturated rings. The van der Waals surface area contributed by atoms with E-state index in [4.69, 9.17) is 20.2 Å². The number of hydrogen-bond acceptors (Lipinski definition) is 4. The molecule has 0 aliphatic heterocycles. The minimum atomic E-state index is 0.521. The molecule has 6 aromatic rings. The molecule has 4 nitrogen and oxygen atoms in total. The number of fused-ring (bicyclic) bond motifs is 2. The van der Waals surface area contributed by atoms with Crippen LogP contribution < -0.4 is 15.2 Å². The van der Waals surface area contributed by atoms with Crippen molar-refractivity contribution in [3.63, 3.8) is 0 Å². The molecule has 0 atom stereocenters. The van der Waals surface area contributed by atoms with Gasteiger partial charge >= 0.3 is 0 Å². The largest absolute Gasteiger partial charge is 0.490 e. The summed E-state index contributed by atoms with van der Waals surface area (Å²) in [5.74, 6) is 1.20. The molecule has 0 spiro atoms. The van der Waals surface area contributed by atoms with E-state index in [1.54, 1.807) is 6.20 Å². The number of ether oxygens (including phenoxy) is 2. The fourth-order valence-corrected chi connectivity index (χ4v) is 5.44. The first-order valence-corrected chi connectivity index (χ1v) is 13.4. The molecule has 0 saturated carbocycles. The third-order valence-corrected chi connectivity index (χ3v) is 7.30. The van der Waals surface area contributed by atoms with Crippen LogP contribution in [0.25, 0.3) is 54.3 Å². The Hall–Kier alpha value is -4.05. The maximum absolute atomic E-state index is 6.70. The maximum Gasteiger partial charge on any atom is 0.172 e. The molecular weight excluding hydrogens is 456 g/mol. The molecule has 0 amide bonds. The highest BCUT2D eigenvalue weighted by molar-refractivity contribution is 6.35. The average Bonchev–Trinajstić information content (AvgIpc) is 2.93. The Labute approximate surface area is 217 Å². The van der Waals surface area contributed by atoms with Gasteiger partial charge in [-0.2, -0.15) is 0 Å². The van der Waals surface area contributed by atoms with E-state index in [1.807, 2.05) is 0 Å². The molecule has 0 radical (unpaired) electrons. The van der Waals surface area contributed by atoms with Crippen molar-refractivity contribution in [3.05, 3.63) is 72.9 Å². The van der Waals surface area contributed by atoms with E-state index in [2.05, 4.69) is 80.6 Å². The van der Waals surface area contributed by atoms with Gasteiger partial charge in [0.1, 0.15) is 11.4 Å². The first-order valence-electron chi connectivity index (χ1n) is 13.4. The molecule has 1 aromatic heterocycles. The lowest BCUT2D eigenvalue weighted by atomic mass is 9.87. The van der Waals surface area contributed by atoms with Crippen molar-refractivity contribution in [2.45, 2.75) is 39.5 Å². The number of nitrogens with two attached hydrogens (primary N) is 1. The number of aromatic nitrogens is 1. The van der Waals surface area contributed by atoms with Gasteiger partial charge in [-0.1, -0.05) is 93.4 Å². The number of nitrogens with zero attached hydrogens (tertiary/aromatic N) is 1. The number of benzene rings is 5. The highest BCUT2D eigenvalue weighted by Gasteiger charge is 2.22. The third kappa shape index (κ3) is 3.88. The Kier molecular flexibility index (Phi) is 6.17. The maximum atomic E-state index is 6.70. The Morgan fingerprint density at radius 3 is 2.00 bits per heavy atom. The van der Waals surface area contributed by atoms with Crippen molar-refractivity contribution < 1.29 is 9.47 Å². The topological polar surface area (TPSA) is 57.4 Å². The number of anilines is 1. The summed E-state index contributed by atoms with van der Waals surface area (Å²) in [7, 11) is 0. The van der Waals surface area contributed by atoms with Crippen LogP contribution in [0.2, 0.25) is 0 Å². The van der Waals surface area contributed by atoms with Crippen molar-refractivity contribution in [1.29, 1.82) is 0 Å². The summed E-state index contributed by atoms with van der Waals surface area (Å²) in [4.78, 5) is 4.93. The summed E-state index contributed by atoms with van der Waals surface area (Å²) in [5.41, 5.74) is 9.01. The van der Waals surface area contributed by atoms with Crippen molar-refractivity contribution in [1.82, 2.24) is 4.98 Å². The van der Waals surface area contributed by atoms with Crippen LogP contribution in [0, 0.1) is 0 Å². The third-order valence-electron chi connectivity index (χ3n) is 7.30. The minimum absolute atomic E-state index is 0.521. The summed E-state index contributed by atoms with van der Waals surface area (Å²) in [6, 6.07) is 24.0. The van der Waals surface area contributed by atoms with Crippen LogP contribution in [0.15, 0.2) is 72.9 Å². The summed E-state index contributed by atoms with van der Waals surface area (Å²) in [5, 5.41) is 9.89. The van der Waals surface area contributed by atoms with E-state index in [0.717, 1.165) is 36.9 Å². The van der Waals surface area contributed by atoms with Gasteiger partial charge in [-0.25, -0.2) is 4.98 Å². The predicted octanol–water partition coefficient (Wildman–Crippen LogP) is 8.74. The lowest BCUT2D eigenvalue weighted by Crippen LogP contribution is -2.07. The smallest absolute Gasteiger partial charge is 0.172 e. The molecule has 4 heteroatoms. The minimum Gasteiger partial charge on any atom is -0.490 e. The van der Waals surface area contributed by atoms with Crippen molar-refractivity contribution in [2.24, 2.45) is 0 Å². The molecule has 186 valence electrons. The predicted molar refractivity (Wildman–Crippen MR) is 156 cm³/mol. The van der Waals surface area contributed by atoms with Gasteiger partial charge in [0.05, 0.1) is 19.4 Å². The molecule has 0 unspecified atom stereocenters. The van der Waals surface area contributed by atoms with Crippen LogP contribution in [0.5, 0.6) is 11.5 Å². The SMILES string of the molecule is CCCCOc1cnc(-c2ccc3cccc4c5cccc6cccc(c2c34)c65)c(OCCCC)c1N. The summed E-state index contributed by atoms with van der Waals surface area (Å²) >= 11 is 0. The Morgan fingerprint density at radius 2 is 1.30 bits per heavy atom. The summed E-state index contributed by atoms with van der Waals surface area (Å²) in [6.45, 7) is 5.49. The second kappa shape index (κ2) is 9.78. The standard InChI is InChI=1S/C33H32N2O2/c1-3-5-18-36-27-20-35-32(33(31(27)34)37-19-6-4-2)26-17-16-22-12-8-14-24-23-13-7-10-21-11-9-15-25(28(21)23)30(26)29(22)24/h7-17,20H,3-6,18-19H2,1-2H3,(H2,34,35). The van der Waals surface area contributed by atoms with Crippen LogP contribution in [0.3, 0.4) is 0 Å². The van der Waals surface area contributed by atoms with Crippen LogP contribution >= 0.6 is 0 Å². The van der Waals surface area contributed by atoms with Gasteiger partial charge in [-0.05, 0) is 50.5 Å². The molecule has 2 N–H and O–H groups in total. The molecule has 0 aliphatic carbocycles. The zero-order valence-corrected chi connectivity index (χ0v) is 21.5. The Morgan fingerprint density at radius 1 is 0.676 bits per heavy atom. The first-order chi connectivity index (χ1) is 18.2. The molecule has 1 heterocycles.